The van der Waals surface area contributed by atoms with Gasteiger partial charge in [-0.2, -0.15) is 0 Å². The number of nitrogens with zero attached hydrogens (tertiary/aromatic N) is 1. The molecule has 2 N–H and O–H groups in total. The fourth-order valence-corrected chi connectivity index (χ4v) is 8.05. The molecule has 3 heterocycles. The Balaban J connectivity index is 1.33. The summed E-state index contributed by atoms with van der Waals surface area (Å²) >= 11 is 0. The van der Waals surface area contributed by atoms with Crippen LogP contribution in [0.2, 0.25) is 0 Å². The fraction of sp³-hybridized carbons (Fsp3) is 0.656. The summed E-state index contributed by atoms with van der Waals surface area (Å²) in [7, 11) is 0. The van der Waals surface area contributed by atoms with Crippen LogP contribution in [0.15, 0.2) is 36.4 Å². The zero-order chi connectivity index (χ0) is 27.1. The number of likely N-dealkylation sites (tertiary alicyclic amines) is 1. The molecule has 7 heteroatoms. The predicted molar refractivity (Wildman–Crippen MR) is 150 cm³/mol. The number of fused-ring (bicyclic) bond motifs is 1. The van der Waals surface area contributed by atoms with Gasteiger partial charge in [0, 0.05) is 17.8 Å². The Morgan fingerprint density at radius 1 is 0.974 bits per heavy atom. The molecule has 2 bridgehead atoms. The number of ether oxygens (including phenoxy) is 1. The van der Waals surface area contributed by atoms with Gasteiger partial charge in [0.1, 0.15) is 11.6 Å². The van der Waals surface area contributed by atoms with Crippen molar-refractivity contribution in [1.29, 1.82) is 0 Å². The van der Waals surface area contributed by atoms with Crippen LogP contribution in [0.1, 0.15) is 83.1 Å². The van der Waals surface area contributed by atoms with Crippen LogP contribution in [-0.4, -0.2) is 52.5 Å². The Bertz CT molecular complexity index is 1140. The van der Waals surface area contributed by atoms with E-state index in [0.717, 1.165) is 63.4 Å². The molecule has 0 aromatic heterocycles. The highest BCUT2D eigenvalue weighted by Gasteiger charge is 2.73. The average Bonchev–Trinajstić information content (AvgIpc) is 3.53. The lowest BCUT2D eigenvalue weighted by molar-refractivity contribution is -0.144. The normalized spacial score (nSPS) is 36.4. The Morgan fingerprint density at radius 2 is 1.69 bits per heavy atom. The molecule has 3 amide bonds. The SMILES string of the molecule is Cc1cccc(NC(=O)[C@@H]2[C@@H]3C=C[C@]4(O3)[C@@H]2C(=O)N(C2CCCCCCC2)[C@H]4C(=O)N[C@@H]2CCCC[C@H]2C)c1. The standard InChI is InChI=1S/C32H43N3O4/c1-20-11-10-13-22(19-20)33-29(36)26-25-17-18-32(39-25)27(26)31(38)35(23-14-6-4-3-5-7-15-23)28(32)30(37)34-24-16-9-8-12-21(24)2/h10-11,13,17-19,21,23-28H,3-9,12,14-16H2,1-2H3,(H,33,36)(H,34,37)/t21-,24-,25+,26-,27+,28+,32+/m1/s1. The van der Waals surface area contributed by atoms with Gasteiger partial charge in [-0.1, -0.05) is 76.2 Å². The zero-order valence-corrected chi connectivity index (χ0v) is 23.4. The number of carbonyl (C=O) groups excluding carboxylic acids is 3. The summed E-state index contributed by atoms with van der Waals surface area (Å²) in [5.74, 6) is -1.36. The van der Waals surface area contributed by atoms with Crippen molar-refractivity contribution in [3.05, 3.63) is 42.0 Å². The van der Waals surface area contributed by atoms with Gasteiger partial charge in [-0.3, -0.25) is 14.4 Å². The van der Waals surface area contributed by atoms with Crippen LogP contribution < -0.4 is 10.6 Å². The molecule has 1 aromatic rings. The third kappa shape index (κ3) is 4.71. The van der Waals surface area contributed by atoms with E-state index in [2.05, 4.69) is 17.6 Å². The highest BCUT2D eigenvalue weighted by Crippen LogP contribution is 2.56. The second kappa shape index (κ2) is 10.7. The zero-order valence-electron chi connectivity index (χ0n) is 23.4. The number of nitrogens with one attached hydrogen (secondary N) is 2. The van der Waals surface area contributed by atoms with Crippen molar-refractivity contribution in [2.24, 2.45) is 17.8 Å². The van der Waals surface area contributed by atoms with Crippen LogP contribution >= 0.6 is 0 Å². The summed E-state index contributed by atoms with van der Waals surface area (Å²) in [4.78, 5) is 44.2. The molecule has 1 spiro atoms. The van der Waals surface area contributed by atoms with E-state index in [-0.39, 0.29) is 29.8 Å². The Morgan fingerprint density at radius 3 is 2.44 bits per heavy atom. The molecule has 210 valence electrons. The molecule has 7 atom stereocenters. The number of benzene rings is 1. The molecule has 1 aromatic carbocycles. The highest BCUT2D eigenvalue weighted by molar-refractivity contribution is 6.03. The van der Waals surface area contributed by atoms with Gasteiger partial charge in [-0.05, 0) is 56.2 Å². The Hall–Kier alpha value is -2.67. The maximum absolute atomic E-state index is 14.4. The summed E-state index contributed by atoms with van der Waals surface area (Å²) in [6, 6.07) is 7.05. The van der Waals surface area contributed by atoms with Crippen molar-refractivity contribution in [2.45, 2.75) is 114 Å². The fourth-order valence-electron chi connectivity index (χ4n) is 8.05. The molecule has 7 nitrogen and oxygen atoms in total. The van der Waals surface area contributed by atoms with Crippen LogP contribution in [0.25, 0.3) is 0 Å². The van der Waals surface area contributed by atoms with E-state index in [0.29, 0.717) is 11.6 Å². The number of rotatable bonds is 5. The van der Waals surface area contributed by atoms with Gasteiger partial charge in [0.2, 0.25) is 17.7 Å². The van der Waals surface area contributed by atoms with E-state index in [9.17, 15) is 14.4 Å². The van der Waals surface area contributed by atoms with E-state index in [1.165, 1.54) is 12.8 Å². The molecule has 2 saturated heterocycles. The van der Waals surface area contributed by atoms with E-state index in [1.54, 1.807) is 0 Å². The third-order valence-corrected chi connectivity index (χ3v) is 10.1. The number of hydrogen-bond donors (Lipinski definition) is 2. The number of hydrogen-bond acceptors (Lipinski definition) is 4. The van der Waals surface area contributed by atoms with Crippen LogP contribution in [0.3, 0.4) is 0 Å². The van der Waals surface area contributed by atoms with Crippen LogP contribution in [0.4, 0.5) is 5.69 Å². The van der Waals surface area contributed by atoms with Crippen LogP contribution in [-0.2, 0) is 19.1 Å². The molecule has 39 heavy (non-hydrogen) atoms. The molecule has 0 unspecified atom stereocenters. The van der Waals surface area contributed by atoms with Crippen LogP contribution in [0.5, 0.6) is 0 Å². The first kappa shape index (κ1) is 26.5. The summed E-state index contributed by atoms with van der Waals surface area (Å²) in [5.41, 5.74) is 0.666. The van der Waals surface area contributed by atoms with Gasteiger partial charge in [0.25, 0.3) is 0 Å². The van der Waals surface area contributed by atoms with Crippen molar-refractivity contribution in [1.82, 2.24) is 10.2 Å². The number of anilines is 1. The van der Waals surface area contributed by atoms with Gasteiger partial charge in [-0.25, -0.2) is 0 Å². The van der Waals surface area contributed by atoms with E-state index >= 15 is 0 Å². The minimum absolute atomic E-state index is 0.00571. The van der Waals surface area contributed by atoms with E-state index in [4.69, 9.17) is 4.74 Å². The lowest BCUT2D eigenvalue weighted by Gasteiger charge is -2.39. The third-order valence-electron chi connectivity index (χ3n) is 10.1. The largest absolute Gasteiger partial charge is 0.359 e. The maximum atomic E-state index is 14.4. The molecule has 5 aliphatic rings. The second-order valence-electron chi connectivity index (χ2n) is 12.7. The van der Waals surface area contributed by atoms with Gasteiger partial charge in [0.05, 0.1) is 17.9 Å². The lowest BCUT2D eigenvalue weighted by atomic mass is 9.74. The Labute approximate surface area is 232 Å². The highest BCUT2D eigenvalue weighted by atomic mass is 16.5. The van der Waals surface area contributed by atoms with Crippen LogP contribution in [0, 0.1) is 24.7 Å². The molecule has 6 rings (SSSR count). The second-order valence-corrected chi connectivity index (χ2v) is 12.7. The first-order valence-corrected chi connectivity index (χ1v) is 15.3. The topological polar surface area (TPSA) is 87.7 Å². The average molecular weight is 534 g/mol. The Kier molecular flexibility index (Phi) is 7.30. The van der Waals surface area contributed by atoms with Crippen molar-refractivity contribution in [3.63, 3.8) is 0 Å². The predicted octanol–water partition coefficient (Wildman–Crippen LogP) is 4.89. The summed E-state index contributed by atoms with van der Waals surface area (Å²) < 4.78 is 6.58. The number of aryl methyl sites for hydroxylation is 1. The summed E-state index contributed by atoms with van der Waals surface area (Å²) in [6.07, 6.45) is 15.2. The quantitative estimate of drug-likeness (QED) is 0.528. The van der Waals surface area contributed by atoms with E-state index < -0.39 is 29.6 Å². The van der Waals surface area contributed by atoms with Gasteiger partial charge < -0.3 is 20.3 Å². The van der Waals surface area contributed by atoms with E-state index in [1.807, 2.05) is 48.2 Å². The molecular formula is C32H43N3O4. The number of carbonyl (C=O) groups is 3. The summed E-state index contributed by atoms with van der Waals surface area (Å²) in [5, 5.41) is 6.40. The molecule has 0 radical (unpaired) electrons. The molecule has 3 aliphatic heterocycles. The minimum Gasteiger partial charge on any atom is -0.359 e. The first-order valence-electron chi connectivity index (χ1n) is 15.3. The number of amides is 3. The van der Waals surface area contributed by atoms with Gasteiger partial charge in [0.15, 0.2) is 0 Å². The molecular weight excluding hydrogens is 490 g/mol. The molecule has 4 fully saturated rings. The van der Waals surface area contributed by atoms with Gasteiger partial charge in [-0.15, -0.1) is 0 Å². The van der Waals surface area contributed by atoms with Crippen molar-refractivity contribution in [2.75, 3.05) is 5.32 Å². The van der Waals surface area contributed by atoms with Crippen molar-refractivity contribution < 1.29 is 19.1 Å². The van der Waals surface area contributed by atoms with Crippen molar-refractivity contribution >= 4 is 23.4 Å². The van der Waals surface area contributed by atoms with Crippen molar-refractivity contribution in [3.8, 4) is 0 Å². The molecule has 2 saturated carbocycles. The summed E-state index contributed by atoms with van der Waals surface area (Å²) in [6.45, 7) is 4.19. The first-order chi connectivity index (χ1) is 18.9. The minimum atomic E-state index is -1.10. The lowest BCUT2D eigenvalue weighted by Crippen LogP contribution is -2.59. The monoisotopic (exact) mass is 533 g/mol. The molecule has 2 aliphatic carbocycles. The smallest absolute Gasteiger partial charge is 0.246 e. The maximum Gasteiger partial charge on any atom is 0.246 e. The van der Waals surface area contributed by atoms with Gasteiger partial charge >= 0.3 is 0 Å².